The molecular weight excluding hydrogens is 280 g/mol. The highest BCUT2D eigenvalue weighted by Crippen LogP contribution is 2.27. The Morgan fingerprint density at radius 2 is 1.36 bits per heavy atom. The van der Waals surface area contributed by atoms with E-state index in [1.807, 2.05) is 44.3 Å². The van der Waals surface area contributed by atoms with Crippen molar-refractivity contribution in [1.82, 2.24) is 9.78 Å². The average molecular weight is 296 g/mol. The minimum Gasteiger partial charge on any atom is -0.508 e. The second-order valence-corrected chi connectivity index (χ2v) is 4.92. The Morgan fingerprint density at radius 1 is 0.864 bits per heavy atom. The predicted molar refractivity (Wildman–Crippen MR) is 82.6 cm³/mol. The van der Waals surface area contributed by atoms with Gasteiger partial charge in [0.2, 0.25) is 5.88 Å². The normalized spacial score (nSPS) is 10.5. The molecule has 0 fully saturated rings. The van der Waals surface area contributed by atoms with Crippen LogP contribution in [-0.4, -0.2) is 14.9 Å². The van der Waals surface area contributed by atoms with Crippen LogP contribution in [0.2, 0.25) is 0 Å². The topological polar surface area (TPSA) is 56.5 Å². The van der Waals surface area contributed by atoms with Gasteiger partial charge in [0.15, 0.2) is 0 Å². The first kappa shape index (κ1) is 14.0. The molecule has 0 saturated carbocycles. The van der Waals surface area contributed by atoms with Gasteiger partial charge in [-0.05, 0) is 55.5 Å². The molecule has 0 spiro atoms. The van der Waals surface area contributed by atoms with E-state index in [1.54, 1.807) is 28.9 Å². The lowest BCUT2D eigenvalue weighted by Gasteiger charge is -2.08. The number of ether oxygens (including phenoxy) is 2. The van der Waals surface area contributed by atoms with Crippen LogP contribution in [-0.2, 0) is 7.05 Å². The fraction of sp³-hybridized carbons (Fsp3) is 0.118. The van der Waals surface area contributed by atoms with Crippen molar-refractivity contribution in [3.8, 4) is 28.9 Å². The molecule has 1 aromatic heterocycles. The molecule has 2 aromatic carbocycles. The van der Waals surface area contributed by atoms with Gasteiger partial charge in [-0.2, -0.15) is 5.10 Å². The molecule has 5 heteroatoms. The summed E-state index contributed by atoms with van der Waals surface area (Å²) in [6.07, 6.45) is 0. The highest BCUT2D eigenvalue weighted by atomic mass is 16.5. The lowest BCUT2D eigenvalue weighted by molar-refractivity contribution is 0.428. The van der Waals surface area contributed by atoms with Gasteiger partial charge in [-0.3, -0.25) is 0 Å². The highest BCUT2D eigenvalue weighted by Gasteiger charge is 2.05. The molecule has 0 bridgehead atoms. The molecular formula is C17H16N2O3. The van der Waals surface area contributed by atoms with E-state index in [9.17, 15) is 5.11 Å². The second-order valence-electron chi connectivity index (χ2n) is 4.92. The van der Waals surface area contributed by atoms with E-state index in [1.165, 1.54) is 0 Å². The van der Waals surface area contributed by atoms with Gasteiger partial charge in [0.05, 0.1) is 5.69 Å². The molecule has 1 N–H and O–H groups in total. The Labute approximate surface area is 128 Å². The summed E-state index contributed by atoms with van der Waals surface area (Å²) in [4.78, 5) is 0. The standard InChI is InChI=1S/C17H16N2O3/c1-12-11-17(19(2)18-12)22-16-9-7-15(8-10-16)21-14-5-3-13(20)4-6-14/h3-11,20H,1-2H3. The Balaban J connectivity index is 1.70. The monoisotopic (exact) mass is 296 g/mol. The number of rotatable bonds is 4. The lowest BCUT2D eigenvalue weighted by atomic mass is 10.3. The molecule has 112 valence electrons. The van der Waals surface area contributed by atoms with Crippen LogP contribution in [0.4, 0.5) is 0 Å². The molecule has 22 heavy (non-hydrogen) atoms. The maximum atomic E-state index is 9.24. The van der Waals surface area contributed by atoms with Crippen molar-refractivity contribution >= 4 is 0 Å². The molecule has 5 nitrogen and oxygen atoms in total. The Kier molecular flexibility index (Phi) is 3.70. The number of aromatic nitrogens is 2. The molecule has 0 aliphatic rings. The third-order valence-corrected chi connectivity index (χ3v) is 3.08. The molecule has 0 aliphatic carbocycles. The van der Waals surface area contributed by atoms with E-state index in [-0.39, 0.29) is 5.75 Å². The molecule has 0 saturated heterocycles. The summed E-state index contributed by atoms with van der Waals surface area (Å²) >= 11 is 0. The summed E-state index contributed by atoms with van der Waals surface area (Å²) in [7, 11) is 1.84. The van der Waals surface area contributed by atoms with Gasteiger partial charge in [0.25, 0.3) is 0 Å². The number of nitrogens with zero attached hydrogens (tertiary/aromatic N) is 2. The zero-order valence-electron chi connectivity index (χ0n) is 12.4. The van der Waals surface area contributed by atoms with E-state index in [2.05, 4.69) is 5.10 Å². The van der Waals surface area contributed by atoms with Crippen molar-refractivity contribution in [2.75, 3.05) is 0 Å². The van der Waals surface area contributed by atoms with Crippen molar-refractivity contribution in [3.05, 3.63) is 60.3 Å². The highest BCUT2D eigenvalue weighted by molar-refractivity contribution is 5.38. The molecule has 3 aromatic rings. The number of phenols is 1. The Morgan fingerprint density at radius 3 is 1.86 bits per heavy atom. The largest absolute Gasteiger partial charge is 0.508 e. The minimum atomic E-state index is 0.211. The van der Waals surface area contributed by atoms with Crippen LogP contribution in [0, 0.1) is 6.92 Å². The summed E-state index contributed by atoms with van der Waals surface area (Å²) in [6, 6.07) is 15.8. The van der Waals surface area contributed by atoms with Gasteiger partial charge in [-0.15, -0.1) is 0 Å². The predicted octanol–water partition coefficient (Wildman–Crippen LogP) is 4.02. The van der Waals surface area contributed by atoms with E-state index in [4.69, 9.17) is 9.47 Å². The van der Waals surface area contributed by atoms with E-state index in [0.717, 1.165) is 5.69 Å². The van der Waals surface area contributed by atoms with Crippen molar-refractivity contribution in [3.63, 3.8) is 0 Å². The van der Waals surface area contributed by atoms with Crippen molar-refractivity contribution in [1.29, 1.82) is 0 Å². The van der Waals surface area contributed by atoms with Crippen LogP contribution in [0.1, 0.15) is 5.69 Å². The molecule has 0 atom stereocenters. The summed E-state index contributed by atoms with van der Waals surface area (Å²) in [5, 5.41) is 13.5. The maximum Gasteiger partial charge on any atom is 0.217 e. The maximum absolute atomic E-state index is 9.24. The second kappa shape index (κ2) is 5.81. The van der Waals surface area contributed by atoms with E-state index < -0.39 is 0 Å². The first-order chi connectivity index (χ1) is 10.6. The van der Waals surface area contributed by atoms with Crippen LogP contribution >= 0.6 is 0 Å². The third kappa shape index (κ3) is 3.20. The zero-order chi connectivity index (χ0) is 15.5. The van der Waals surface area contributed by atoms with Crippen molar-refractivity contribution in [2.24, 2.45) is 7.05 Å². The molecule has 1 heterocycles. The first-order valence-electron chi connectivity index (χ1n) is 6.85. The Hall–Kier alpha value is -2.95. The quantitative estimate of drug-likeness (QED) is 0.790. The van der Waals surface area contributed by atoms with Gasteiger partial charge >= 0.3 is 0 Å². The van der Waals surface area contributed by atoms with E-state index >= 15 is 0 Å². The molecule has 3 rings (SSSR count). The van der Waals surface area contributed by atoms with E-state index in [0.29, 0.717) is 23.1 Å². The summed E-state index contributed by atoms with van der Waals surface area (Å²) < 4.78 is 13.1. The van der Waals surface area contributed by atoms with Crippen LogP contribution in [0.25, 0.3) is 0 Å². The minimum absolute atomic E-state index is 0.211. The van der Waals surface area contributed by atoms with Crippen molar-refractivity contribution < 1.29 is 14.6 Å². The molecule has 0 aliphatic heterocycles. The van der Waals surface area contributed by atoms with Crippen molar-refractivity contribution in [2.45, 2.75) is 6.92 Å². The SMILES string of the molecule is Cc1cc(Oc2ccc(Oc3ccc(O)cc3)cc2)n(C)n1. The number of aryl methyl sites for hydroxylation is 2. The lowest BCUT2D eigenvalue weighted by Crippen LogP contribution is -1.95. The fourth-order valence-corrected chi connectivity index (χ4v) is 2.03. The van der Waals surface area contributed by atoms with Gasteiger partial charge in [-0.1, -0.05) is 0 Å². The zero-order valence-corrected chi connectivity index (χ0v) is 12.4. The average Bonchev–Trinajstić information content (AvgIpc) is 2.81. The molecule has 0 radical (unpaired) electrons. The number of hydrogen-bond donors (Lipinski definition) is 1. The number of benzene rings is 2. The Bertz CT molecular complexity index is 762. The van der Waals surface area contributed by atoms with Gasteiger partial charge < -0.3 is 14.6 Å². The summed E-state index contributed by atoms with van der Waals surface area (Å²) in [5.41, 5.74) is 0.907. The summed E-state index contributed by atoms with van der Waals surface area (Å²) in [6.45, 7) is 1.92. The van der Waals surface area contributed by atoms with Crippen LogP contribution in [0.3, 0.4) is 0 Å². The first-order valence-corrected chi connectivity index (χ1v) is 6.85. The number of aromatic hydroxyl groups is 1. The van der Waals surface area contributed by atoms with Crippen LogP contribution in [0.15, 0.2) is 54.6 Å². The summed E-state index contributed by atoms with van der Waals surface area (Å²) in [5.74, 6) is 2.96. The van der Waals surface area contributed by atoms with Gasteiger partial charge in [0, 0.05) is 13.1 Å². The van der Waals surface area contributed by atoms with Crippen LogP contribution in [0.5, 0.6) is 28.9 Å². The van der Waals surface area contributed by atoms with Gasteiger partial charge in [0.1, 0.15) is 23.0 Å². The van der Waals surface area contributed by atoms with Crippen LogP contribution < -0.4 is 9.47 Å². The molecule has 0 amide bonds. The smallest absolute Gasteiger partial charge is 0.217 e. The van der Waals surface area contributed by atoms with Gasteiger partial charge in [-0.25, -0.2) is 4.68 Å². The number of phenolic OH excluding ortho intramolecular Hbond substituents is 1. The molecule has 0 unspecified atom stereocenters. The number of hydrogen-bond acceptors (Lipinski definition) is 4. The fourth-order valence-electron chi connectivity index (χ4n) is 2.03. The third-order valence-electron chi connectivity index (χ3n) is 3.08.